The van der Waals surface area contributed by atoms with E-state index in [0.29, 0.717) is 12.3 Å². The summed E-state index contributed by atoms with van der Waals surface area (Å²) in [5.74, 6) is 0.379. The number of hydrogen-bond acceptors (Lipinski definition) is 3. The highest BCUT2D eigenvalue weighted by Crippen LogP contribution is 2.10. The summed E-state index contributed by atoms with van der Waals surface area (Å²) in [5, 5.41) is 0. The molecule has 0 saturated carbocycles. The summed E-state index contributed by atoms with van der Waals surface area (Å²) in [7, 11) is 3.83. The van der Waals surface area contributed by atoms with Crippen LogP contribution in [0.2, 0.25) is 0 Å². The van der Waals surface area contributed by atoms with Gasteiger partial charge in [-0.15, -0.1) is 0 Å². The van der Waals surface area contributed by atoms with Crippen molar-refractivity contribution in [1.29, 1.82) is 0 Å². The second-order valence-corrected chi connectivity index (χ2v) is 3.51. The van der Waals surface area contributed by atoms with Crippen LogP contribution >= 0.6 is 0 Å². The summed E-state index contributed by atoms with van der Waals surface area (Å²) in [4.78, 5) is 17.5. The molecule has 1 atom stereocenters. The van der Waals surface area contributed by atoms with E-state index in [1.165, 1.54) is 0 Å². The van der Waals surface area contributed by atoms with Crippen LogP contribution in [0.15, 0.2) is 4.99 Å². The van der Waals surface area contributed by atoms with Crippen LogP contribution in [0.25, 0.3) is 0 Å². The average Bonchev–Trinajstić information content (AvgIpc) is 2.05. The molecule has 0 aliphatic carbocycles. The molecule has 0 saturated heterocycles. The first-order chi connectivity index (χ1) is 5.70. The number of hydrogen-bond donors (Lipinski definition) is 0. The van der Waals surface area contributed by atoms with E-state index in [0.717, 1.165) is 19.4 Å². The number of carbonyl (C=O) groups is 1. The monoisotopic (exact) mass is 168 g/mol. The molecule has 0 spiro atoms. The fourth-order valence-electron chi connectivity index (χ4n) is 1.35. The molecule has 3 heteroatoms. The van der Waals surface area contributed by atoms with E-state index in [1.807, 2.05) is 25.2 Å². The summed E-state index contributed by atoms with van der Waals surface area (Å²) in [6, 6.07) is 0. The molecule has 0 aromatic rings. The lowest BCUT2D eigenvalue weighted by Gasteiger charge is -2.16. The standard InChI is InChI=1S/C9H16N2O/c1-11(2)7-9(12)8-4-3-5-10-6-8/h6,8H,3-5,7H2,1-2H3. The minimum absolute atomic E-state index is 0.0844. The summed E-state index contributed by atoms with van der Waals surface area (Å²) in [6.07, 6.45) is 3.85. The minimum Gasteiger partial charge on any atom is -0.302 e. The Kier molecular flexibility index (Phi) is 3.41. The van der Waals surface area contributed by atoms with Crippen LogP contribution in [0.5, 0.6) is 0 Å². The third kappa shape index (κ3) is 2.74. The Balaban J connectivity index is 2.40. The predicted molar refractivity (Wildman–Crippen MR) is 49.6 cm³/mol. The molecule has 1 aliphatic rings. The molecule has 0 N–H and O–H groups in total. The van der Waals surface area contributed by atoms with Gasteiger partial charge in [0.2, 0.25) is 0 Å². The quantitative estimate of drug-likeness (QED) is 0.618. The fourth-order valence-corrected chi connectivity index (χ4v) is 1.35. The van der Waals surface area contributed by atoms with Crippen LogP contribution in [-0.2, 0) is 4.79 Å². The van der Waals surface area contributed by atoms with Gasteiger partial charge in [-0.2, -0.15) is 0 Å². The van der Waals surface area contributed by atoms with E-state index in [1.54, 1.807) is 0 Å². The lowest BCUT2D eigenvalue weighted by molar-refractivity contribution is -0.121. The average molecular weight is 168 g/mol. The van der Waals surface area contributed by atoms with Gasteiger partial charge in [0.25, 0.3) is 0 Å². The van der Waals surface area contributed by atoms with Gasteiger partial charge in [0.05, 0.1) is 12.5 Å². The van der Waals surface area contributed by atoms with E-state index in [2.05, 4.69) is 4.99 Å². The predicted octanol–water partition coefficient (Wildman–Crippen LogP) is 0.598. The molecular weight excluding hydrogens is 152 g/mol. The number of rotatable bonds is 3. The molecule has 1 unspecified atom stereocenters. The first-order valence-corrected chi connectivity index (χ1v) is 4.37. The van der Waals surface area contributed by atoms with Gasteiger partial charge in [0, 0.05) is 12.8 Å². The number of carbonyl (C=O) groups excluding carboxylic acids is 1. The Morgan fingerprint density at radius 1 is 1.67 bits per heavy atom. The molecule has 3 nitrogen and oxygen atoms in total. The second kappa shape index (κ2) is 4.36. The lowest BCUT2D eigenvalue weighted by Crippen LogP contribution is -2.29. The van der Waals surface area contributed by atoms with Gasteiger partial charge >= 0.3 is 0 Å². The molecule has 1 aliphatic heterocycles. The second-order valence-electron chi connectivity index (χ2n) is 3.51. The van der Waals surface area contributed by atoms with Gasteiger partial charge in [0.1, 0.15) is 0 Å². The van der Waals surface area contributed by atoms with Crippen molar-refractivity contribution in [3.05, 3.63) is 0 Å². The number of likely N-dealkylation sites (N-methyl/N-ethyl adjacent to an activating group) is 1. The van der Waals surface area contributed by atoms with Crippen LogP contribution in [0.4, 0.5) is 0 Å². The first-order valence-electron chi connectivity index (χ1n) is 4.37. The molecule has 0 bridgehead atoms. The van der Waals surface area contributed by atoms with Gasteiger partial charge in [-0.1, -0.05) is 0 Å². The highest BCUT2D eigenvalue weighted by Gasteiger charge is 2.18. The van der Waals surface area contributed by atoms with Gasteiger partial charge in [-0.3, -0.25) is 9.79 Å². The van der Waals surface area contributed by atoms with Gasteiger partial charge in [-0.25, -0.2) is 0 Å². The maximum Gasteiger partial charge on any atom is 0.155 e. The van der Waals surface area contributed by atoms with Crippen molar-refractivity contribution < 1.29 is 4.79 Å². The Morgan fingerprint density at radius 2 is 2.42 bits per heavy atom. The first kappa shape index (κ1) is 9.39. The minimum atomic E-state index is 0.0844. The molecule has 68 valence electrons. The molecule has 0 aromatic carbocycles. The topological polar surface area (TPSA) is 32.7 Å². The van der Waals surface area contributed by atoms with Crippen LogP contribution in [0.1, 0.15) is 12.8 Å². The molecule has 1 heterocycles. The fraction of sp³-hybridized carbons (Fsp3) is 0.778. The number of Topliss-reactive ketones (excluding diaryl/α,β-unsaturated/α-hetero) is 1. The largest absolute Gasteiger partial charge is 0.302 e. The highest BCUT2D eigenvalue weighted by atomic mass is 16.1. The van der Waals surface area contributed by atoms with Crippen molar-refractivity contribution in [2.24, 2.45) is 10.9 Å². The van der Waals surface area contributed by atoms with Crippen LogP contribution in [0.3, 0.4) is 0 Å². The maximum atomic E-state index is 11.5. The Hall–Kier alpha value is -0.700. The van der Waals surface area contributed by atoms with Crippen molar-refractivity contribution in [2.75, 3.05) is 27.2 Å². The van der Waals surface area contributed by atoms with Crippen molar-refractivity contribution in [2.45, 2.75) is 12.8 Å². The van der Waals surface area contributed by atoms with E-state index >= 15 is 0 Å². The normalized spacial score (nSPS) is 23.1. The Bertz CT molecular complexity index is 187. The zero-order chi connectivity index (χ0) is 8.97. The van der Waals surface area contributed by atoms with Crippen LogP contribution in [0, 0.1) is 5.92 Å². The SMILES string of the molecule is CN(C)CC(=O)C1C=NCCC1. The van der Waals surface area contributed by atoms with Crippen LogP contribution in [-0.4, -0.2) is 44.1 Å². The van der Waals surface area contributed by atoms with Crippen molar-refractivity contribution in [3.63, 3.8) is 0 Å². The Labute approximate surface area is 73.5 Å². The highest BCUT2D eigenvalue weighted by molar-refractivity contribution is 5.96. The summed E-state index contributed by atoms with van der Waals surface area (Å²) in [5.41, 5.74) is 0. The summed E-state index contributed by atoms with van der Waals surface area (Å²) in [6.45, 7) is 1.43. The van der Waals surface area contributed by atoms with E-state index in [-0.39, 0.29) is 5.92 Å². The van der Waals surface area contributed by atoms with Gasteiger partial charge < -0.3 is 4.90 Å². The van der Waals surface area contributed by atoms with Gasteiger partial charge in [-0.05, 0) is 26.9 Å². The molecule has 0 aromatic heterocycles. The van der Waals surface area contributed by atoms with E-state index < -0.39 is 0 Å². The smallest absolute Gasteiger partial charge is 0.155 e. The van der Waals surface area contributed by atoms with E-state index in [9.17, 15) is 4.79 Å². The maximum absolute atomic E-state index is 11.5. The Morgan fingerprint density at radius 3 is 2.92 bits per heavy atom. The van der Waals surface area contributed by atoms with Crippen molar-refractivity contribution >= 4 is 12.0 Å². The number of nitrogens with zero attached hydrogens (tertiary/aromatic N) is 2. The third-order valence-electron chi connectivity index (χ3n) is 1.97. The van der Waals surface area contributed by atoms with Crippen LogP contribution < -0.4 is 0 Å². The molecule has 0 fully saturated rings. The molecule has 0 radical (unpaired) electrons. The van der Waals surface area contributed by atoms with E-state index in [4.69, 9.17) is 0 Å². The third-order valence-corrected chi connectivity index (χ3v) is 1.97. The summed E-state index contributed by atoms with van der Waals surface area (Å²) < 4.78 is 0. The lowest BCUT2D eigenvalue weighted by atomic mass is 9.97. The van der Waals surface area contributed by atoms with Crippen molar-refractivity contribution in [1.82, 2.24) is 4.90 Å². The number of ketones is 1. The van der Waals surface area contributed by atoms with Gasteiger partial charge in [0.15, 0.2) is 5.78 Å². The summed E-state index contributed by atoms with van der Waals surface area (Å²) >= 11 is 0. The molecule has 1 rings (SSSR count). The molecular formula is C9H16N2O. The zero-order valence-electron chi connectivity index (χ0n) is 7.79. The zero-order valence-corrected chi connectivity index (χ0v) is 7.79. The molecule has 12 heavy (non-hydrogen) atoms. The van der Waals surface area contributed by atoms with Crippen molar-refractivity contribution in [3.8, 4) is 0 Å². The molecule has 0 amide bonds. The number of aliphatic imine (C=N–C) groups is 1.